The molecule has 98 valence electrons. The molecule has 2 heteroatoms. The summed E-state index contributed by atoms with van der Waals surface area (Å²) in [6, 6.07) is 6.98. The molecule has 0 bridgehead atoms. The van der Waals surface area contributed by atoms with Crippen LogP contribution in [0.25, 0.3) is 0 Å². The second kappa shape index (κ2) is 4.67. The monoisotopic (exact) mass is 245 g/mol. The molecule has 0 radical (unpaired) electrons. The van der Waals surface area contributed by atoms with Crippen molar-refractivity contribution in [3.05, 3.63) is 34.9 Å². The van der Waals surface area contributed by atoms with Crippen LogP contribution in [-0.4, -0.2) is 18.2 Å². The number of benzene rings is 1. The standard InChI is InChI=1S/C16H23NO/c1-12-16(2,8-9-18-12)17-11-13-6-7-14-4-3-5-15(14)10-13/h6-7,10,12,17H,3-5,8-9,11H2,1-2H3. The van der Waals surface area contributed by atoms with Crippen molar-refractivity contribution >= 4 is 0 Å². The van der Waals surface area contributed by atoms with E-state index < -0.39 is 0 Å². The van der Waals surface area contributed by atoms with Crippen LogP contribution in [-0.2, 0) is 24.1 Å². The molecule has 1 aromatic rings. The average Bonchev–Trinajstić information content (AvgIpc) is 2.95. The van der Waals surface area contributed by atoms with Crippen LogP contribution in [0, 0.1) is 0 Å². The van der Waals surface area contributed by atoms with Gasteiger partial charge in [0.2, 0.25) is 0 Å². The zero-order chi connectivity index (χ0) is 12.6. The highest BCUT2D eigenvalue weighted by Crippen LogP contribution is 2.26. The van der Waals surface area contributed by atoms with Crippen LogP contribution in [0.15, 0.2) is 18.2 Å². The molecule has 0 saturated carbocycles. The summed E-state index contributed by atoms with van der Waals surface area (Å²) >= 11 is 0. The molecule has 1 aliphatic carbocycles. The molecule has 0 spiro atoms. The summed E-state index contributed by atoms with van der Waals surface area (Å²) in [5.41, 5.74) is 4.67. The van der Waals surface area contributed by atoms with Crippen LogP contribution < -0.4 is 5.32 Å². The van der Waals surface area contributed by atoms with Crippen LogP contribution in [0.3, 0.4) is 0 Å². The molecule has 2 atom stereocenters. The lowest BCUT2D eigenvalue weighted by molar-refractivity contribution is 0.0881. The van der Waals surface area contributed by atoms with E-state index >= 15 is 0 Å². The summed E-state index contributed by atoms with van der Waals surface area (Å²) in [6.07, 6.45) is 5.28. The predicted molar refractivity (Wildman–Crippen MR) is 73.7 cm³/mol. The van der Waals surface area contributed by atoms with Crippen molar-refractivity contribution in [1.29, 1.82) is 0 Å². The molecular weight excluding hydrogens is 222 g/mol. The van der Waals surface area contributed by atoms with Gasteiger partial charge in [-0.15, -0.1) is 0 Å². The van der Waals surface area contributed by atoms with Gasteiger partial charge in [-0.2, -0.15) is 0 Å². The van der Waals surface area contributed by atoms with Gasteiger partial charge in [0.15, 0.2) is 0 Å². The predicted octanol–water partition coefficient (Wildman–Crippen LogP) is 2.83. The summed E-state index contributed by atoms with van der Waals surface area (Å²) in [5.74, 6) is 0. The molecule has 1 fully saturated rings. The first-order valence-electron chi connectivity index (χ1n) is 7.15. The van der Waals surface area contributed by atoms with Crippen LogP contribution in [0.5, 0.6) is 0 Å². The highest BCUT2D eigenvalue weighted by molar-refractivity contribution is 5.35. The Morgan fingerprint density at radius 3 is 2.94 bits per heavy atom. The molecule has 2 nitrogen and oxygen atoms in total. The van der Waals surface area contributed by atoms with Gasteiger partial charge in [0, 0.05) is 18.7 Å². The minimum Gasteiger partial charge on any atom is -0.377 e. The molecular formula is C16H23NO. The van der Waals surface area contributed by atoms with Crippen molar-refractivity contribution in [2.45, 2.75) is 57.7 Å². The highest BCUT2D eigenvalue weighted by Gasteiger charge is 2.36. The van der Waals surface area contributed by atoms with Gasteiger partial charge in [0.1, 0.15) is 0 Å². The maximum Gasteiger partial charge on any atom is 0.0726 e. The fourth-order valence-electron chi connectivity index (χ4n) is 3.11. The minimum absolute atomic E-state index is 0.138. The van der Waals surface area contributed by atoms with E-state index in [-0.39, 0.29) is 5.54 Å². The quantitative estimate of drug-likeness (QED) is 0.884. The lowest BCUT2D eigenvalue weighted by Crippen LogP contribution is -2.47. The Bertz CT molecular complexity index is 443. The lowest BCUT2D eigenvalue weighted by atomic mass is 9.94. The van der Waals surface area contributed by atoms with Gasteiger partial charge in [0.25, 0.3) is 0 Å². The van der Waals surface area contributed by atoms with Crippen molar-refractivity contribution in [2.75, 3.05) is 6.61 Å². The third-order valence-electron chi connectivity index (χ3n) is 4.75. The molecule has 3 rings (SSSR count). The van der Waals surface area contributed by atoms with Crippen molar-refractivity contribution in [2.24, 2.45) is 0 Å². The molecule has 1 N–H and O–H groups in total. The second-order valence-electron chi connectivity index (χ2n) is 5.99. The number of hydrogen-bond acceptors (Lipinski definition) is 2. The van der Waals surface area contributed by atoms with Gasteiger partial charge < -0.3 is 10.1 Å². The molecule has 1 heterocycles. The normalized spacial score (nSPS) is 30.7. The van der Waals surface area contributed by atoms with Crippen molar-refractivity contribution in [3.8, 4) is 0 Å². The van der Waals surface area contributed by atoms with Gasteiger partial charge in [-0.25, -0.2) is 0 Å². The van der Waals surface area contributed by atoms with E-state index in [0.717, 1.165) is 19.6 Å². The summed E-state index contributed by atoms with van der Waals surface area (Å²) in [5, 5.41) is 3.69. The zero-order valence-electron chi connectivity index (χ0n) is 11.5. The highest BCUT2D eigenvalue weighted by atomic mass is 16.5. The van der Waals surface area contributed by atoms with Gasteiger partial charge >= 0.3 is 0 Å². The molecule has 1 aromatic carbocycles. The summed E-state index contributed by atoms with van der Waals surface area (Å²) in [6.45, 7) is 6.28. The lowest BCUT2D eigenvalue weighted by Gasteiger charge is -2.29. The Hall–Kier alpha value is -0.860. The first kappa shape index (κ1) is 12.2. The number of nitrogens with one attached hydrogen (secondary N) is 1. The van der Waals surface area contributed by atoms with Crippen LogP contribution in [0.1, 0.15) is 43.4 Å². The molecule has 1 saturated heterocycles. The number of fused-ring (bicyclic) bond motifs is 1. The van der Waals surface area contributed by atoms with Gasteiger partial charge in [0.05, 0.1) is 6.10 Å². The van der Waals surface area contributed by atoms with Crippen molar-refractivity contribution in [1.82, 2.24) is 5.32 Å². The second-order valence-corrected chi connectivity index (χ2v) is 5.99. The Morgan fingerprint density at radius 2 is 2.17 bits per heavy atom. The average molecular weight is 245 g/mol. The Labute approximate surface area is 110 Å². The zero-order valence-corrected chi connectivity index (χ0v) is 11.5. The van der Waals surface area contributed by atoms with E-state index in [0.29, 0.717) is 6.10 Å². The van der Waals surface area contributed by atoms with Crippen LogP contribution in [0.2, 0.25) is 0 Å². The molecule has 2 unspecified atom stereocenters. The van der Waals surface area contributed by atoms with E-state index in [1.807, 2.05) is 0 Å². The summed E-state index contributed by atoms with van der Waals surface area (Å²) < 4.78 is 5.67. The topological polar surface area (TPSA) is 21.3 Å². The Kier molecular flexibility index (Phi) is 3.16. The Balaban J connectivity index is 1.66. The Morgan fingerprint density at radius 1 is 1.33 bits per heavy atom. The van der Waals surface area contributed by atoms with Crippen molar-refractivity contribution in [3.63, 3.8) is 0 Å². The third kappa shape index (κ3) is 2.19. The smallest absolute Gasteiger partial charge is 0.0726 e. The van der Waals surface area contributed by atoms with Crippen molar-refractivity contribution < 1.29 is 4.74 Å². The fraction of sp³-hybridized carbons (Fsp3) is 0.625. The number of rotatable bonds is 3. The molecule has 0 aromatic heterocycles. The SMILES string of the molecule is CC1OCCC1(C)NCc1ccc2c(c1)CCC2. The maximum atomic E-state index is 5.67. The van der Waals surface area contributed by atoms with E-state index in [9.17, 15) is 0 Å². The largest absolute Gasteiger partial charge is 0.377 e. The van der Waals surface area contributed by atoms with Gasteiger partial charge in [-0.05, 0) is 56.2 Å². The summed E-state index contributed by atoms with van der Waals surface area (Å²) in [4.78, 5) is 0. The van der Waals surface area contributed by atoms with E-state index in [1.165, 1.54) is 24.8 Å². The first-order chi connectivity index (χ1) is 8.67. The van der Waals surface area contributed by atoms with Crippen LogP contribution >= 0.6 is 0 Å². The van der Waals surface area contributed by atoms with E-state index in [1.54, 1.807) is 11.1 Å². The van der Waals surface area contributed by atoms with Gasteiger partial charge in [-0.3, -0.25) is 0 Å². The van der Waals surface area contributed by atoms with Gasteiger partial charge in [-0.1, -0.05) is 18.2 Å². The van der Waals surface area contributed by atoms with Crippen LogP contribution in [0.4, 0.5) is 0 Å². The van der Waals surface area contributed by atoms with E-state index in [4.69, 9.17) is 4.74 Å². The molecule has 1 aliphatic heterocycles. The fourth-order valence-corrected chi connectivity index (χ4v) is 3.11. The molecule has 18 heavy (non-hydrogen) atoms. The molecule has 0 amide bonds. The number of hydrogen-bond donors (Lipinski definition) is 1. The van der Waals surface area contributed by atoms with E-state index in [2.05, 4.69) is 37.4 Å². The molecule has 2 aliphatic rings. The third-order valence-corrected chi connectivity index (χ3v) is 4.75. The summed E-state index contributed by atoms with van der Waals surface area (Å²) in [7, 11) is 0. The first-order valence-corrected chi connectivity index (χ1v) is 7.15. The number of ether oxygens (including phenoxy) is 1. The maximum absolute atomic E-state index is 5.67. The number of aryl methyl sites for hydroxylation is 2. The minimum atomic E-state index is 0.138.